The molecule has 0 N–H and O–H groups in total. The molecule has 10 heteroatoms. The van der Waals surface area contributed by atoms with Crippen molar-refractivity contribution in [1.29, 1.82) is 0 Å². The Morgan fingerprint density at radius 2 is 2.09 bits per heavy atom. The minimum absolute atomic E-state index is 0.0266. The van der Waals surface area contributed by atoms with Crippen molar-refractivity contribution in [2.24, 2.45) is 5.92 Å². The van der Waals surface area contributed by atoms with Crippen molar-refractivity contribution in [3.63, 3.8) is 0 Å². The second-order valence-electron chi connectivity index (χ2n) is 8.91. The van der Waals surface area contributed by atoms with E-state index in [9.17, 15) is 4.79 Å². The summed E-state index contributed by atoms with van der Waals surface area (Å²) in [5, 5.41) is 14.1. The third-order valence-electron chi connectivity index (χ3n) is 6.41. The zero-order valence-electron chi connectivity index (χ0n) is 20.5. The summed E-state index contributed by atoms with van der Waals surface area (Å²) in [5.74, 6) is 1.18. The van der Waals surface area contributed by atoms with Crippen LogP contribution in [0.3, 0.4) is 0 Å². The molecule has 3 heterocycles. The van der Waals surface area contributed by atoms with Gasteiger partial charge in [-0.25, -0.2) is 14.5 Å². The maximum Gasteiger partial charge on any atom is 0.410 e. The summed E-state index contributed by atoms with van der Waals surface area (Å²) >= 11 is 1.59. The normalized spacial score (nSPS) is 16.7. The van der Waals surface area contributed by atoms with Crippen LogP contribution in [0.5, 0.6) is 5.75 Å². The second-order valence-corrected chi connectivity index (χ2v) is 9.80. The number of benzene rings is 1. The van der Waals surface area contributed by atoms with Gasteiger partial charge in [-0.1, -0.05) is 33.1 Å². The Kier molecular flexibility index (Phi) is 9.05. The lowest BCUT2D eigenvalue weighted by Crippen LogP contribution is -2.39. The minimum Gasteiger partial charge on any atom is -0.487 e. The lowest BCUT2D eigenvalue weighted by Gasteiger charge is -2.34. The van der Waals surface area contributed by atoms with E-state index in [1.54, 1.807) is 22.3 Å². The molecule has 1 saturated heterocycles. The number of carbonyl (C=O) groups is 1. The molecule has 4 rings (SSSR count). The van der Waals surface area contributed by atoms with Crippen LogP contribution in [0.15, 0.2) is 36.0 Å². The Labute approximate surface area is 210 Å². The summed E-state index contributed by atoms with van der Waals surface area (Å²) in [6, 6.07) is 7.53. The molecule has 0 spiro atoms. The zero-order chi connectivity index (χ0) is 24.5. The number of unbranched alkanes of at least 4 members (excludes halogenated alkanes) is 1. The van der Waals surface area contributed by atoms with E-state index >= 15 is 0 Å². The third-order valence-corrected chi connectivity index (χ3v) is 7.41. The van der Waals surface area contributed by atoms with Crippen molar-refractivity contribution in [1.82, 2.24) is 30.1 Å². The fourth-order valence-corrected chi connectivity index (χ4v) is 5.20. The predicted molar refractivity (Wildman–Crippen MR) is 134 cm³/mol. The molecule has 9 nitrogen and oxygen atoms in total. The van der Waals surface area contributed by atoms with Gasteiger partial charge in [0.2, 0.25) is 0 Å². The number of aromatic nitrogens is 5. The third kappa shape index (κ3) is 6.78. The molecule has 0 aliphatic carbocycles. The zero-order valence-corrected chi connectivity index (χ0v) is 21.3. The first-order chi connectivity index (χ1) is 17.2. The molecule has 1 aromatic carbocycles. The molecule has 188 valence electrons. The van der Waals surface area contributed by atoms with Gasteiger partial charge in [-0.05, 0) is 66.3 Å². The van der Waals surface area contributed by atoms with Gasteiger partial charge in [0.25, 0.3) is 0 Å². The summed E-state index contributed by atoms with van der Waals surface area (Å²) in [6.45, 7) is 5.95. The lowest BCUT2D eigenvalue weighted by molar-refractivity contribution is 0.0598. The molecule has 2 atom stereocenters. The van der Waals surface area contributed by atoms with E-state index in [1.165, 1.54) is 12.8 Å². The monoisotopic (exact) mass is 498 g/mol. The molecule has 0 radical (unpaired) electrons. The highest BCUT2D eigenvalue weighted by Crippen LogP contribution is 2.33. The van der Waals surface area contributed by atoms with Gasteiger partial charge in [0.1, 0.15) is 23.7 Å². The van der Waals surface area contributed by atoms with Crippen molar-refractivity contribution in [2.75, 3.05) is 13.2 Å². The van der Waals surface area contributed by atoms with Crippen LogP contribution in [0.2, 0.25) is 0 Å². The molecule has 2 aromatic heterocycles. The Morgan fingerprint density at radius 1 is 1.23 bits per heavy atom. The number of nitrogens with zero attached hydrogens (tertiary/aromatic N) is 6. The molecule has 0 bridgehead atoms. The highest BCUT2D eigenvalue weighted by atomic mass is 32.1. The van der Waals surface area contributed by atoms with Crippen LogP contribution in [0.1, 0.15) is 75.5 Å². The number of hydrogen-bond acceptors (Lipinski definition) is 8. The van der Waals surface area contributed by atoms with Crippen LogP contribution in [-0.4, -0.2) is 49.3 Å². The first kappa shape index (κ1) is 25.1. The van der Waals surface area contributed by atoms with Crippen LogP contribution in [-0.2, 0) is 11.3 Å². The van der Waals surface area contributed by atoms with Crippen LogP contribution < -0.4 is 4.74 Å². The molecule has 1 amide bonds. The molecular formula is C25H34N6O3S. The topological polar surface area (TPSA) is 95.3 Å². The van der Waals surface area contributed by atoms with Gasteiger partial charge < -0.3 is 9.47 Å². The van der Waals surface area contributed by atoms with Crippen LogP contribution in [0.25, 0.3) is 5.69 Å². The van der Waals surface area contributed by atoms with E-state index in [1.807, 2.05) is 34.5 Å². The quantitative estimate of drug-likeness (QED) is 0.341. The molecule has 1 aliphatic rings. The Balaban J connectivity index is 1.32. The fourth-order valence-electron chi connectivity index (χ4n) is 4.25. The molecule has 1 aliphatic heterocycles. The van der Waals surface area contributed by atoms with Gasteiger partial charge in [0.05, 0.1) is 24.0 Å². The molecule has 35 heavy (non-hydrogen) atoms. The van der Waals surface area contributed by atoms with E-state index in [4.69, 9.17) is 14.5 Å². The van der Waals surface area contributed by atoms with E-state index < -0.39 is 0 Å². The van der Waals surface area contributed by atoms with Crippen LogP contribution >= 0.6 is 11.3 Å². The van der Waals surface area contributed by atoms with E-state index in [0.29, 0.717) is 25.7 Å². The van der Waals surface area contributed by atoms with E-state index in [-0.39, 0.29) is 12.1 Å². The van der Waals surface area contributed by atoms with Crippen LogP contribution in [0, 0.1) is 5.92 Å². The summed E-state index contributed by atoms with van der Waals surface area (Å²) in [6.07, 6.45) is 8.83. The molecule has 0 saturated carbocycles. The van der Waals surface area contributed by atoms with Gasteiger partial charge in [-0.3, -0.25) is 4.90 Å². The first-order valence-corrected chi connectivity index (χ1v) is 13.4. The van der Waals surface area contributed by atoms with Crippen molar-refractivity contribution in [3.8, 4) is 11.4 Å². The number of rotatable bonds is 11. The fraction of sp³-hybridized carbons (Fsp3) is 0.560. The van der Waals surface area contributed by atoms with Crippen LogP contribution in [0.4, 0.5) is 4.79 Å². The van der Waals surface area contributed by atoms with Gasteiger partial charge in [-0.2, -0.15) is 0 Å². The summed E-state index contributed by atoms with van der Waals surface area (Å²) in [5.41, 5.74) is 1.72. The Morgan fingerprint density at radius 3 is 2.83 bits per heavy atom. The molecule has 3 aromatic rings. The standard InChI is InChI=1S/C25H34N6O3S/c1-3-5-8-19(4-2)15-34-25(32)30-14-7-6-9-23(30)24-27-20(17-35-24)16-33-22-12-10-21(11-13-22)31-18-26-28-29-31/h10-13,17-19,23H,3-9,14-16H2,1-2H3. The molecule has 2 unspecified atom stereocenters. The number of piperidine rings is 1. The maximum atomic E-state index is 12.9. The van der Waals surface area contributed by atoms with Gasteiger partial charge in [-0.15, -0.1) is 16.4 Å². The average Bonchev–Trinajstić information content (AvgIpc) is 3.61. The van der Waals surface area contributed by atoms with Gasteiger partial charge in [0.15, 0.2) is 0 Å². The Hall–Kier alpha value is -3.01. The van der Waals surface area contributed by atoms with Crippen molar-refractivity contribution >= 4 is 17.4 Å². The number of thiazole rings is 1. The number of ether oxygens (including phenoxy) is 2. The first-order valence-electron chi connectivity index (χ1n) is 12.5. The van der Waals surface area contributed by atoms with E-state index in [2.05, 4.69) is 29.4 Å². The highest BCUT2D eigenvalue weighted by Gasteiger charge is 2.31. The van der Waals surface area contributed by atoms with Crippen molar-refractivity contribution in [3.05, 3.63) is 46.7 Å². The number of tetrazole rings is 1. The molecule has 1 fully saturated rings. The number of hydrogen-bond donors (Lipinski definition) is 0. The maximum absolute atomic E-state index is 12.9. The lowest BCUT2D eigenvalue weighted by atomic mass is 10.0. The van der Waals surface area contributed by atoms with Gasteiger partial charge in [0, 0.05) is 11.9 Å². The number of carbonyl (C=O) groups excluding carboxylic acids is 1. The predicted octanol–water partition coefficient (Wildman–Crippen LogP) is 5.58. The minimum atomic E-state index is -0.208. The van der Waals surface area contributed by atoms with E-state index in [0.717, 1.165) is 54.2 Å². The largest absolute Gasteiger partial charge is 0.487 e. The summed E-state index contributed by atoms with van der Waals surface area (Å²) in [4.78, 5) is 19.6. The molecular weight excluding hydrogens is 464 g/mol. The highest BCUT2D eigenvalue weighted by molar-refractivity contribution is 7.09. The smallest absolute Gasteiger partial charge is 0.410 e. The SMILES string of the molecule is CCCCC(CC)COC(=O)N1CCCCC1c1nc(COc2ccc(-n3cnnn3)cc2)cs1. The van der Waals surface area contributed by atoms with Crippen molar-refractivity contribution in [2.45, 2.75) is 71.4 Å². The second kappa shape index (κ2) is 12.6. The average molecular weight is 499 g/mol. The number of likely N-dealkylation sites (tertiary alicyclic amines) is 1. The number of amides is 1. The Bertz CT molecular complexity index is 1040. The summed E-state index contributed by atoms with van der Waals surface area (Å²) in [7, 11) is 0. The van der Waals surface area contributed by atoms with Crippen molar-refractivity contribution < 1.29 is 14.3 Å². The van der Waals surface area contributed by atoms with Gasteiger partial charge >= 0.3 is 6.09 Å². The summed E-state index contributed by atoms with van der Waals surface area (Å²) < 4.78 is 13.3.